The van der Waals surface area contributed by atoms with Crippen molar-refractivity contribution in [3.63, 3.8) is 0 Å². The summed E-state index contributed by atoms with van der Waals surface area (Å²) >= 11 is 5.64. The van der Waals surface area contributed by atoms with Gasteiger partial charge in [-0.15, -0.1) is 11.6 Å². The molecule has 0 aromatic heterocycles. The zero-order valence-corrected chi connectivity index (χ0v) is 11.1. The van der Waals surface area contributed by atoms with Gasteiger partial charge in [0, 0.05) is 17.8 Å². The largest absolute Gasteiger partial charge is 0.351 e. The molecule has 4 saturated carbocycles. The Morgan fingerprint density at radius 3 is 2.12 bits per heavy atom. The van der Waals surface area contributed by atoms with Crippen LogP contribution in [0.25, 0.3) is 0 Å². The number of hydrogen-bond donors (Lipinski definition) is 1. The predicted molar refractivity (Wildman–Crippen MR) is 69.0 cm³/mol. The van der Waals surface area contributed by atoms with E-state index in [1.54, 1.807) is 0 Å². The van der Waals surface area contributed by atoms with Crippen LogP contribution >= 0.6 is 11.6 Å². The molecule has 0 radical (unpaired) electrons. The number of carbonyl (C=O) groups is 1. The fourth-order valence-corrected chi connectivity index (χ4v) is 4.98. The molecule has 0 aromatic carbocycles. The van der Waals surface area contributed by atoms with Crippen LogP contribution < -0.4 is 5.32 Å². The fraction of sp³-hybridized carbons (Fsp3) is 0.929. The summed E-state index contributed by atoms with van der Waals surface area (Å²) in [6.45, 7) is 0. The molecule has 1 N–H and O–H groups in total. The minimum atomic E-state index is 0.179. The molecule has 4 bridgehead atoms. The van der Waals surface area contributed by atoms with Gasteiger partial charge in [0.25, 0.3) is 0 Å². The molecule has 0 unspecified atom stereocenters. The maximum atomic E-state index is 11.9. The number of carbonyl (C=O) groups excluding carboxylic acids is 1. The van der Waals surface area contributed by atoms with Gasteiger partial charge in [0.2, 0.25) is 5.91 Å². The molecule has 1 amide bonds. The van der Waals surface area contributed by atoms with Crippen LogP contribution in [0, 0.1) is 17.8 Å². The second-order valence-corrected chi connectivity index (χ2v) is 6.92. The minimum Gasteiger partial charge on any atom is -0.351 e. The van der Waals surface area contributed by atoms with Crippen LogP contribution in [-0.4, -0.2) is 17.3 Å². The molecule has 0 atom stereocenters. The second-order valence-electron chi connectivity index (χ2n) is 6.54. The van der Waals surface area contributed by atoms with E-state index in [2.05, 4.69) is 5.32 Å². The average Bonchev–Trinajstić information content (AvgIpc) is 2.23. The van der Waals surface area contributed by atoms with Crippen molar-refractivity contribution in [2.24, 2.45) is 17.8 Å². The zero-order valence-electron chi connectivity index (χ0n) is 10.4. The first-order valence-electron chi connectivity index (χ1n) is 7.06. The van der Waals surface area contributed by atoms with Gasteiger partial charge in [0.05, 0.1) is 0 Å². The maximum Gasteiger partial charge on any atom is 0.220 e. The average molecular weight is 256 g/mol. The lowest BCUT2D eigenvalue weighted by Gasteiger charge is -2.56. The van der Waals surface area contributed by atoms with Crippen LogP contribution in [0.5, 0.6) is 0 Å². The topological polar surface area (TPSA) is 29.1 Å². The Hall–Kier alpha value is -0.240. The monoisotopic (exact) mass is 255 g/mol. The molecule has 0 saturated heterocycles. The first kappa shape index (κ1) is 11.8. The molecule has 0 aliphatic heterocycles. The van der Waals surface area contributed by atoms with E-state index < -0.39 is 0 Å². The summed E-state index contributed by atoms with van der Waals surface area (Å²) < 4.78 is 0. The van der Waals surface area contributed by atoms with Gasteiger partial charge in [-0.2, -0.15) is 0 Å². The summed E-state index contributed by atoms with van der Waals surface area (Å²) in [5, 5.41) is 3.36. The second kappa shape index (κ2) is 4.46. The SMILES string of the molecule is O=C(CCCCl)NC12CC3CC(CC(C3)C1)C2. The third-order valence-corrected chi connectivity index (χ3v) is 5.25. The first-order chi connectivity index (χ1) is 8.19. The highest BCUT2D eigenvalue weighted by atomic mass is 35.5. The third kappa shape index (κ3) is 2.33. The van der Waals surface area contributed by atoms with Gasteiger partial charge in [-0.05, 0) is 62.7 Å². The quantitative estimate of drug-likeness (QED) is 0.769. The summed E-state index contributed by atoms with van der Waals surface area (Å²) in [4.78, 5) is 11.9. The van der Waals surface area contributed by atoms with Crippen molar-refractivity contribution in [2.75, 3.05) is 5.88 Å². The van der Waals surface area contributed by atoms with Crippen molar-refractivity contribution in [1.29, 1.82) is 0 Å². The van der Waals surface area contributed by atoms with Crippen LogP contribution in [0.3, 0.4) is 0 Å². The molecular weight excluding hydrogens is 234 g/mol. The lowest BCUT2D eigenvalue weighted by atomic mass is 9.53. The molecule has 2 nitrogen and oxygen atoms in total. The highest BCUT2D eigenvalue weighted by molar-refractivity contribution is 6.17. The van der Waals surface area contributed by atoms with Gasteiger partial charge in [-0.25, -0.2) is 0 Å². The Morgan fingerprint density at radius 2 is 1.65 bits per heavy atom. The number of alkyl halides is 1. The van der Waals surface area contributed by atoms with Crippen LogP contribution in [0.1, 0.15) is 51.4 Å². The van der Waals surface area contributed by atoms with Crippen LogP contribution in [0.15, 0.2) is 0 Å². The van der Waals surface area contributed by atoms with Gasteiger partial charge >= 0.3 is 0 Å². The van der Waals surface area contributed by atoms with Gasteiger partial charge in [-0.3, -0.25) is 4.79 Å². The van der Waals surface area contributed by atoms with E-state index in [-0.39, 0.29) is 11.4 Å². The van der Waals surface area contributed by atoms with Gasteiger partial charge in [0.15, 0.2) is 0 Å². The van der Waals surface area contributed by atoms with Crippen LogP contribution in [0.4, 0.5) is 0 Å². The summed E-state index contributed by atoms with van der Waals surface area (Å²) in [5.74, 6) is 3.51. The molecule has 0 aromatic rings. The van der Waals surface area contributed by atoms with Crippen molar-refractivity contribution in [1.82, 2.24) is 5.32 Å². The number of nitrogens with one attached hydrogen (secondary N) is 1. The molecule has 4 fully saturated rings. The molecule has 96 valence electrons. The normalized spacial score (nSPS) is 42.8. The van der Waals surface area contributed by atoms with Crippen molar-refractivity contribution in [3.05, 3.63) is 0 Å². The smallest absolute Gasteiger partial charge is 0.220 e. The standard InChI is InChI=1S/C14H22ClNO/c15-3-1-2-13(17)16-14-7-10-4-11(8-14)6-12(5-10)9-14/h10-12H,1-9H2,(H,16,17). The Labute approximate surface area is 108 Å². The summed E-state index contributed by atoms with van der Waals surface area (Å²) in [5.41, 5.74) is 0.179. The molecule has 4 aliphatic carbocycles. The van der Waals surface area contributed by atoms with Gasteiger partial charge in [0.1, 0.15) is 0 Å². The lowest BCUT2D eigenvalue weighted by Crippen LogP contribution is -2.59. The molecule has 17 heavy (non-hydrogen) atoms. The number of rotatable bonds is 4. The van der Waals surface area contributed by atoms with E-state index in [4.69, 9.17) is 11.6 Å². The highest BCUT2D eigenvalue weighted by Crippen LogP contribution is 2.55. The van der Waals surface area contributed by atoms with Crippen LogP contribution in [-0.2, 0) is 4.79 Å². The molecule has 4 aliphatic rings. The fourth-order valence-electron chi connectivity index (χ4n) is 4.85. The third-order valence-electron chi connectivity index (χ3n) is 4.98. The van der Waals surface area contributed by atoms with Crippen molar-refractivity contribution in [2.45, 2.75) is 56.9 Å². The van der Waals surface area contributed by atoms with E-state index in [1.807, 2.05) is 0 Å². The molecular formula is C14H22ClNO. The Morgan fingerprint density at radius 1 is 1.12 bits per heavy atom. The maximum absolute atomic E-state index is 11.9. The number of halogens is 1. The minimum absolute atomic E-state index is 0.179. The van der Waals surface area contributed by atoms with Gasteiger partial charge in [-0.1, -0.05) is 0 Å². The van der Waals surface area contributed by atoms with E-state index in [9.17, 15) is 4.79 Å². The summed E-state index contributed by atoms with van der Waals surface area (Å²) in [7, 11) is 0. The first-order valence-corrected chi connectivity index (χ1v) is 7.59. The number of amides is 1. The van der Waals surface area contributed by atoms with E-state index >= 15 is 0 Å². The van der Waals surface area contributed by atoms with Crippen LogP contribution in [0.2, 0.25) is 0 Å². The number of hydrogen-bond acceptors (Lipinski definition) is 1. The Kier molecular flexibility index (Phi) is 3.10. The van der Waals surface area contributed by atoms with E-state index in [0.29, 0.717) is 12.3 Å². The van der Waals surface area contributed by atoms with Crippen molar-refractivity contribution in [3.8, 4) is 0 Å². The zero-order chi connectivity index (χ0) is 11.9. The molecule has 3 heteroatoms. The Balaban J connectivity index is 1.64. The molecule has 4 rings (SSSR count). The van der Waals surface area contributed by atoms with Crippen molar-refractivity contribution >= 4 is 17.5 Å². The Bertz CT molecular complexity index is 280. The van der Waals surface area contributed by atoms with Gasteiger partial charge < -0.3 is 5.32 Å². The molecule has 0 heterocycles. The lowest BCUT2D eigenvalue weighted by molar-refractivity contribution is -0.126. The van der Waals surface area contributed by atoms with Crippen molar-refractivity contribution < 1.29 is 4.79 Å². The van der Waals surface area contributed by atoms with E-state index in [1.165, 1.54) is 38.5 Å². The molecule has 0 spiro atoms. The summed E-state index contributed by atoms with van der Waals surface area (Å²) in [6.07, 6.45) is 9.41. The highest BCUT2D eigenvalue weighted by Gasteiger charge is 2.51. The summed E-state index contributed by atoms with van der Waals surface area (Å²) in [6, 6.07) is 0. The van der Waals surface area contributed by atoms with E-state index in [0.717, 1.165) is 24.2 Å². The predicted octanol–water partition coefficient (Wildman–Crippen LogP) is 3.09.